The topological polar surface area (TPSA) is 78.3 Å². The van der Waals surface area contributed by atoms with Gasteiger partial charge in [0, 0.05) is 36.1 Å². The average Bonchev–Trinajstić information content (AvgIpc) is 3.15. The van der Waals surface area contributed by atoms with E-state index in [2.05, 4.69) is 15.4 Å². The van der Waals surface area contributed by atoms with Crippen LogP contribution in [-0.2, 0) is 13.1 Å². The molecule has 1 amide bonds. The number of nitrogens with zero attached hydrogens (tertiary/aromatic N) is 3. The van der Waals surface area contributed by atoms with Gasteiger partial charge < -0.3 is 14.8 Å². The number of benzene rings is 2. The second-order valence-corrected chi connectivity index (χ2v) is 7.75. The standard InChI is InChI=1S/C26H26N4O3/c1-18-12-19(2)30(29-18)17-20-6-4-7-22(13-20)26(31)28-16-21-10-11-25(27-15-21)33-24-9-5-8-23(14-24)32-3/h4-15H,16-17H2,1-3H3,(H,28,31). The molecule has 0 aliphatic heterocycles. The Balaban J connectivity index is 1.34. The second kappa shape index (κ2) is 9.99. The zero-order valence-corrected chi connectivity index (χ0v) is 18.9. The van der Waals surface area contributed by atoms with Gasteiger partial charge in [0.05, 0.1) is 19.3 Å². The molecule has 0 fully saturated rings. The summed E-state index contributed by atoms with van der Waals surface area (Å²) in [5.74, 6) is 1.69. The summed E-state index contributed by atoms with van der Waals surface area (Å²) < 4.78 is 12.9. The third kappa shape index (κ3) is 5.77. The van der Waals surface area contributed by atoms with E-state index in [9.17, 15) is 4.79 Å². The Morgan fingerprint density at radius 1 is 0.970 bits per heavy atom. The lowest BCUT2D eigenvalue weighted by atomic mass is 10.1. The van der Waals surface area contributed by atoms with Crippen molar-refractivity contribution in [1.29, 1.82) is 0 Å². The Morgan fingerprint density at radius 2 is 1.79 bits per heavy atom. The molecule has 0 aliphatic carbocycles. The first-order valence-corrected chi connectivity index (χ1v) is 10.7. The van der Waals surface area contributed by atoms with Gasteiger partial charge in [-0.3, -0.25) is 9.48 Å². The number of methoxy groups -OCH3 is 1. The van der Waals surface area contributed by atoms with Crippen LogP contribution in [0.2, 0.25) is 0 Å². The summed E-state index contributed by atoms with van der Waals surface area (Å²) in [5.41, 5.74) is 4.58. The number of pyridine rings is 1. The van der Waals surface area contributed by atoms with Crippen molar-refractivity contribution in [2.24, 2.45) is 0 Å². The van der Waals surface area contributed by atoms with E-state index in [1.807, 2.05) is 73.1 Å². The highest BCUT2D eigenvalue weighted by molar-refractivity contribution is 5.94. The van der Waals surface area contributed by atoms with Gasteiger partial charge in [-0.1, -0.05) is 24.3 Å². The third-order valence-electron chi connectivity index (χ3n) is 5.14. The Kier molecular flexibility index (Phi) is 6.69. The van der Waals surface area contributed by atoms with E-state index in [0.717, 1.165) is 22.5 Å². The van der Waals surface area contributed by atoms with Gasteiger partial charge in [-0.05, 0) is 55.3 Å². The summed E-state index contributed by atoms with van der Waals surface area (Å²) in [6, 6.07) is 20.6. The minimum atomic E-state index is -0.137. The van der Waals surface area contributed by atoms with Crippen LogP contribution in [0.3, 0.4) is 0 Å². The Labute approximate surface area is 193 Å². The van der Waals surface area contributed by atoms with Crippen LogP contribution in [-0.4, -0.2) is 27.8 Å². The molecule has 0 saturated carbocycles. The molecular formula is C26H26N4O3. The summed E-state index contributed by atoms with van der Waals surface area (Å²) in [6.45, 7) is 4.99. The molecule has 0 bridgehead atoms. The van der Waals surface area contributed by atoms with Crippen LogP contribution in [0.25, 0.3) is 0 Å². The monoisotopic (exact) mass is 442 g/mol. The highest BCUT2D eigenvalue weighted by Crippen LogP contribution is 2.23. The minimum Gasteiger partial charge on any atom is -0.497 e. The number of carbonyl (C=O) groups excluding carboxylic acids is 1. The smallest absolute Gasteiger partial charge is 0.251 e. The van der Waals surface area contributed by atoms with Crippen LogP contribution in [0.5, 0.6) is 17.4 Å². The van der Waals surface area contributed by atoms with Crippen LogP contribution in [0.15, 0.2) is 72.9 Å². The first-order chi connectivity index (χ1) is 16.0. The van der Waals surface area contributed by atoms with Crippen molar-refractivity contribution in [3.63, 3.8) is 0 Å². The molecule has 7 heteroatoms. The summed E-state index contributed by atoms with van der Waals surface area (Å²) >= 11 is 0. The van der Waals surface area contributed by atoms with Crippen molar-refractivity contribution in [1.82, 2.24) is 20.1 Å². The lowest BCUT2D eigenvalue weighted by molar-refractivity contribution is 0.0950. The quantitative estimate of drug-likeness (QED) is 0.429. The SMILES string of the molecule is COc1cccc(Oc2ccc(CNC(=O)c3cccc(Cn4nc(C)cc4C)c3)cn2)c1. The normalized spacial score (nSPS) is 10.6. The maximum Gasteiger partial charge on any atom is 0.251 e. The summed E-state index contributed by atoms with van der Waals surface area (Å²) in [4.78, 5) is 17.0. The molecule has 0 atom stereocenters. The number of hydrogen-bond acceptors (Lipinski definition) is 5. The maximum atomic E-state index is 12.7. The van der Waals surface area contributed by atoms with Crippen LogP contribution < -0.4 is 14.8 Å². The molecular weight excluding hydrogens is 416 g/mol. The molecule has 2 aromatic heterocycles. The largest absolute Gasteiger partial charge is 0.497 e. The van der Waals surface area contributed by atoms with E-state index in [-0.39, 0.29) is 5.91 Å². The van der Waals surface area contributed by atoms with E-state index in [1.54, 1.807) is 25.4 Å². The maximum absolute atomic E-state index is 12.7. The fourth-order valence-corrected chi connectivity index (χ4v) is 3.46. The molecule has 7 nitrogen and oxygen atoms in total. The highest BCUT2D eigenvalue weighted by Gasteiger charge is 2.09. The lowest BCUT2D eigenvalue weighted by Crippen LogP contribution is -2.23. The van der Waals surface area contributed by atoms with Gasteiger partial charge in [0.25, 0.3) is 5.91 Å². The predicted octanol–water partition coefficient (Wildman–Crippen LogP) is 4.67. The zero-order valence-electron chi connectivity index (χ0n) is 18.9. The Hall–Kier alpha value is -4.13. The van der Waals surface area contributed by atoms with Gasteiger partial charge in [-0.25, -0.2) is 4.98 Å². The molecule has 0 spiro atoms. The molecule has 0 unspecified atom stereocenters. The number of ether oxygens (including phenoxy) is 2. The summed E-state index contributed by atoms with van der Waals surface area (Å²) in [6.07, 6.45) is 1.69. The van der Waals surface area contributed by atoms with Crippen LogP contribution in [0.1, 0.15) is 32.9 Å². The molecule has 1 N–H and O–H groups in total. The Morgan fingerprint density at radius 3 is 2.52 bits per heavy atom. The molecule has 2 heterocycles. The number of amides is 1. The molecule has 2 aromatic carbocycles. The van der Waals surface area contributed by atoms with Gasteiger partial charge >= 0.3 is 0 Å². The molecule has 168 valence electrons. The van der Waals surface area contributed by atoms with Crippen LogP contribution in [0.4, 0.5) is 0 Å². The van der Waals surface area contributed by atoms with Gasteiger partial charge in [0.1, 0.15) is 11.5 Å². The van der Waals surface area contributed by atoms with Gasteiger partial charge in [-0.2, -0.15) is 5.10 Å². The molecule has 0 radical (unpaired) electrons. The number of aromatic nitrogens is 3. The molecule has 33 heavy (non-hydrogen) atoms. The summed E-state index contributed by atoms with van der Waals surface area (Å²) in [5, 5.41) is 7.44. The van der Waals surface area contributed by atoms with Crippen molar-refractivity contribution in [3.8, 4) is 17.4 Å². The number of hydrogen-bond donors (Lipinski definition) is 1. The number of aryl methyl sites for hydroxylation is 2. The van der Waals surface area contributed by atoms with Gasteiger partial charge in [-0.15, -0.1) is 0 Å². The van der Waals surface area contributed by atoms with E-state index in [4.69, 9.17) is 9.47 Å². The molecule has 0 saturated heterocycles. The van der Waals surface area contributed by atoms with Gasteiger partial charge in [0.2, 0.25) is 5.88 Å². The molecule has 4 aromatic rings. The minimum absolute atomic E-state index is 0.137. The average molecular weight is 443 g/mol. The van der Waals surface area contributed by atoms with Crippen LogP contribution in [0, 0.1) is 13.8 Å². The third-order valence-corrected chi connectivity index (χ3v) is 5.14. The van der Waals surface area contributed by atoms with E-state index >= 15 is 0 Å². The number of carbonyl (C=O) groups is 1. The van der Waals surface area contributed by atoms with Gasteiger partial charge in [0.15, 0.2) is 0 Å². The Bertz CT molecular complexity index is 1250. The first-order valence-electron chi connectivity index (χ1n) is 10.7. The fourth-order valence-electron chi connectivity index (χ4n) is 3.46. The molecule has 0 aliphatic rings. The van der Waals surface area contributed by atoms with Crippen molar-refractivity contribution < 1.29 is 14.3 Å². The predicted molar refractivity (Wildman–Crippen MR) is 126 cm³/mol. The first kappa shape index (κ1) is 22.1. The lowest BCUT2D eigenvalue weighted by Gasteiger charge is -2.09. The summed E-state index contributed by atoms with van der Waals surface area (Å²) in [7, 11) is 1.61. The van der Waals surface area contributed by atoms with E-state index < -0.39 is 0 Å². The zero-order chi connectivity index (χ0) is 23.2. The van der Waals surface area contributed by atoms with E-state index in [0.29, 0.717) is 36.0 Å². The molecule has 4 rings (SSSR count). The van der Waals surface area contributed by atoms with Crippen molar-refractivity contribution in [2.75, 3.05) is 7.11 Å². The second-order valence-electron chi connectivity index (χ2n) is 7.75. The number of nitrogens with one attached hydrogen (secondary N) is 1. The van der Waals surface area contributed by atoms with Crippen LogP contribution >= 0.6 is 0 Å². The number of rotatable bonds is 8. The fraction of sp³-hybridized carbons (Fsp3) is 0.192. The highest BCUT2D eigenvalue weighted by atomic mass is 16.5. The van der Waals surface area contributed by atoms with Crippen molar-refractivity contribution >= 4 is 5.91 Å². The van der Waals surface area contributed by atoms with Crippen molar-refractivity contribution in [2.45, 2.75) is 26.9 Å². The van der Waals surface area contributed by atoms with E-state index in [1.165, 1.54) is 0 Å². The van der Waals surface area contributed by atoms with Crippen molar-refractivity contribution in [3.05, 3.63) is 101 Å².